The van der Waals surface area contributed by atoms with Gasteiger partial charge in [0.05, 0.1) is 31.3 Å². The van der Waals surface area contributed by atoms with Crippen molar-refractivity contribution in [1.82, 2.24) is 15.1 Å². The van der Waals surface area contributed by atoms with Gasteiger partial charge in [0.2, 0.25) is 0 Å². The number of nitrogens with zero attached hydrogens (tertiary/aromatic N) is 2. The van der Waals surface area contributed by atoms with Crippen LogP contribution in [0.25, 0.3) is 0 Å². The van der Waals surface area contributed by atoms with E-state index in [0.29, 0.717) is 0 Å². The second-order valence-corrected chi connectivity index (χ2v) is 5.66. The molecule has 0 saturated carbocycles. The van der Waals surface area contributed by atoms with Crippen molar-refractivity contribution in [3.8, 4) is 11.5 Å². The molecule has 0 aliphatic heterocycles. The van der Waals surface area contributed by atoms with Crippen molar-refractivity contribution in [2.45, 2.75) is 25.9 Å². The lowest BCUT2D eigenvalue weighted by atomic mass is 10.1. The van der Waals surface area contributed by atoms with Crippen molar-refractivity contribution >= 4 is 11.3 Å². The summed E-state index contributed by atoms with van der Waals surface area (Å²) in [5.74, 6) is 1.67. The molecule has 6 heteroatoms. The Morgan fingerprint density at radius 3 is 2.50 bits per heavy atom. The fourth-order valence-electron chi connectivity index (χ4n) is 2.28. The third kappa shape index (κ3) is 2.53. The van der Waals surface area contributed by atoms with Gasteiger partial charge in [-0.05, 0) is 32.3 Å². The van der Waals surface area contributed by atoms with E-state index >= 15 is 0 Å². The minimum absolute atomic E-state index is 0.00944. The number of methoxy groups -OCH3 is 2. The van der Waals surface area contributed by atoms with E-state index in [4.69, 9.17) is 9.47 Å². The van der Waals surface area contributed by atoms with Gasteiger partial charge in [-0.2, -0.15) is 5.10 Å². The molecule has 0 fully saturated rings. The highest BCUT2D eigenvalue weighted by Gasteiger charge is 2.26. The minimum atomic E-state index is -0.00944. The number of thiophene rings is 1. The van der Waals surface area contributed by atoms with Crippen LogP contribution in [0.1, 0.15) is 36.5 Å². The lowest BCUT2D eigenvalue weighted by Gasteiger charge is -2.21. The van der Waals surface area contributed by atoms with Crippen LogP contribution in [0.15, 0.2) is 17.6 Å². The molecule has 0 aliphatic rings. The molecule has 1 N–H and O–H groups in total. The highest BCUT2D eigenvalue weighted by molar-refractivity contribution is 7.10. The lowest BCUT2D eigenvalue weighted by molar-refractivity contribution is 0.389. The van der Waals surface area contributed by atoms with Crippen LogP contribution >= 0.6 is 11.3 Å². The molecule has 0 saturated heterocycles. The maximum atomic E-state index is 5.47. The van der Waals surface area contributed by atoms with Crippen molar-refractivity contribution < 1.29 is 9.47 Å². The van der Waals surface area contributed by atoms with E-state index in [9.17, 15) is 0 Å². The summed E-state index contributed by atoms with van der Waals surface area (Å²) in [7, 11) is 5.29. The summed E-state index contributed by atoms with van der Waals surface area (Å²) in [4.78, 5) is 1.12. The second kappa shape index (κ2) is 6.28. The van der Waals surface area contributed by atoms with Crippen LogP contribution in [-0.4, -0.2) is 31.0 Å². The third-order valence-corrected chi connectivity index (χ3v) is 4.17. The predicted octanol–water partition coefficient (Wildman–Crippen LogP) is 2.85. The Balaban J connectivity index is 2.54. The molecule has 0 aromatic carbocycles. The van der Waals surface area contributed by atoms with Gasteiger partial charge in [0.25, 0.3) is 0 Å². The molecule has 1 unspecified atom stereocenters. The van der Waals surface area contributed by atoms with Crippen molar-refractivity contribution in [2.75, 3.05) is 21.3 Å². The molecule has 2 aromatic rings. The molecule has 0 amide bonds. The van der Waals surface area contributed by atoms with Gasteiger partial charge in [-0.25, -0.2) is 0 Å². The predicted molar refractivity (Wildman–Crippen MR) is 80.9 cm³/mol. The summed E-state index contributed by atoms with van der Waals surface area (Å²) in [5.41, 5.74) is 1.02. The van der Waals surface area contributed by atoms with Gasteiger partial charge in [0.1, 0.15) is 11.4 Å². The average Bonchev–Trinajstić information content (AvgIpc) is 3.06. The zero-order valence-corrected chi connectivity index (χ0v) is 13.3. The summed E-state index contributed by atoms with van der Waals surface area (Å²) < 4.78 is 12.9. The van der Waals surface area contributed by atoms with Gasteiger partial charge in [-0.3, -0.25) is 4.68 Å². The monoisotopic (exact) mass is 295 g/mol. The molecule has 5 nitrogen and oxygen atoms in total. The smallest absolute Gasteiger partial charge is 0.161 e. The Morgan fingerprint density at radius 1 is 1.25 bits per heavy atom. The Hall–Kier alpha value is -1.53. The first-order valence-electron chi connectivity index (χ1n) is 6.54. The van der Waals surface area contributed by atoms with Crippen LogP contribution in [0.3, 0.4) is 0 Å². The molecule has 0 spiro atoms. The molecule has 2 aromatic heterocycles. The van der Waals surface area contributed by atoms with Crippen LogP contribution in [0, 0.1) is 0 Å². The van der Waals surface area contributed by atoms with Crippen LogP contribution in [0.5, 0.6) is 11.5 Å². The highest BCUT2D eigenvalue weighted by atomic mass is 32.1. The average molecular weight is 295 g/mol. The van der Waals surface area contributed by atoms with Crippen LogP contribution in [0.4, 0.5) is 0 Å². The number of nitrogens with one attached hydrogen (secondary N) is 1. The summed E-state index contributed by atoms with van der Waals surface area (Å²) in [6.07, 6.45) is 1.76. The Kier molecular flexibility index (Phi) is 4.67. The normalized spacial score (nSPS) is 12.7. The maximum absolute atomic E-state index is 5.47. The molecule has 0 radical (unpaired) electrons. The SMILES string of the molecule is CNC(c1sccc1OC)c1c(OC)cnn1C(C)C. The van der Waals surface area contributed by atoms with Gasteiger partial charge >= 0.3 is 0 Å². The molecular weight excluding hydrogens is 274 g/mol. The molecular formula is C14H21N3O2S. The van der Waals surface area contributed by atoms with Gasteiger partial charge < -0.3 is 14.8 Å². The molecule has 110 valence electrons. The lowest BCUT2D eigenvalue weighted by Crippen LogP contribution is -2.22. The largest absolute Gasteiger partial charge is 0.496 e. The first kappa shape index (κ1) is 14.9. The zero-order valence-electron chi connectivity index (χ0n) is 12.5. The first-order chi connectivity index (χ1) is 9.63. The van der Waals surface area contributed by atoms with Crippen LogP contribution in [-0.2, 0) is 0 Å². The standard InChI is InChI=1S/C14H21N3O2S/c1-9(2)17-13(11(19-5)8-16-17)12(15-3)14-10(18-4)6-7-20-14/h6-9,12,15H,1-5H3. The molecule has 20 heavy (non-hydrogen) atoms. The second-order valence-electron chi connectivity index (χ2n) is 4.71. The van der Waals surface area contributed by atoms with E-state index < -0.39 is 0 Å². The molecule has 2 rings (SSSR count). The summed E-state index contributed by atoms with van der Waals surface area (Å²) >= 11 is 1.66. The molecule has 1 atom stereocenters. The third-order valence-electron chi connectivity index (χ3n) is 3.21. The highest BCUT2D eigenvalue weighted by Crippen LogP contribution is 2.38. The van der Waals surface area contributed by atoms with E-state index in [0.717, 1.165) is 22.1 Å². The van der Waals surface area contributed by atoms with E-state index in [2.05, 4.69) is 24.3 Å². The number of aromatic nitrogens is 2. The Morgan fingerprint density at radius 2 is 1.95 bits per heavy atom. The number of rotatable bonds is 6. The maximum Gasteiger partial charge on any atom is 0.161 e. The fourth-order valence-corrected chi connectivity index (χ4v) is 3.25. The quantitative estimate of drug-likeness (QED) is 0.890. The Bertz CT molecular complexity index is 563. The number of ether oxygens (including phenoxy) is 2. The zero-order chi connectivity index (χ0) is 14.7. The van der Waals surface area contributed by atoms with Gasteiger partial charge in [-0.15, -0.1) is 11.3 Å². The molecule has 0 aliphatic carbocycles. The van der Waals surface area contributed by atoms with Gasteiger partial charge in [0.15, 0.2) is 5.75 Å². The van der Waals surface area contributed by atoms with Crippen LogP contribution < -0.4 is 14.8 Å². The van der Waals surface area contributed by atoms with Gasteiger partial charge in [-0.1, -0.05) is 0 Å². The van der Waals surface area contributed by atoms with E-state index in [1.54, 1.807) is 31.8 Å². The minimum Gasteiger partial charge on any atom is -0.496 e. The van der Waals surface area contributed by atoms with E-state index in [1.165, 1.54) is 0 Å². The van der Waals surface area contributed by atoms with E-state index in [-0.39, 0.29) is 12.1 Å². The van der Waals surface area contributed by atoms with Crippen molar-refractivity contribution in [3.63, 3.8) is 0 Å². The Labute approximate surface area is 123 Å². The van der Waals surface area contributed by atoms with Crippen LogP contribution in [0.2, 0.25) is 0 Å². The first-order valence-corrected chi connectivity index (χ1v) is 7.42. The van der Waals surface area contributed by atoms with Crippen molar-refractivity contribution in [2.24, 2.45) is 0 Å². The summed E-state index contributed by atoms with van der Waals surface area (Å²) in [5, 5.41) is 9.81. The summed E-state index contributed by atoms with van der Waals surface area (Å²) in [6, 6.07) is 2.23. The molecule has 2 heterocycles. The molecule has 0 bridgehead atoms. The summed E-state index contributed by atoms with van der Waals surface area (Å²) in [6.45, 7) is 4.21. The topological polar surface area (TPSA) is 48.3 Å². The van der Waals surface area contributed by atoms with Crippen molar-refractivity contribution in [3.05, 3.63) is 28.2 Å². The van der Waals surface area contributed by atoms with E-state index in [1.807, 2.05) is 23.2 Å². The van der Waals surface area contributed by atoms with Gasteiger partial charge in [0, 0.05) is 6.04 Å². The van der Waals surface area contributed by atoms with Crippen molar-refractivity contribution in [1.29, 1.82) is 0 Å². The number of hydrogen-bond acceptors (Lipinski definition) is 5. The number of hydrogen-bond donors (Lipinski definition) is 1. The fraction of sp³-hybridized carbons (Fsp3) is 0.500.